The summed E-state index contributed by atoms with van der Waals surface area (Å²) >= 11 is 0. The fourth-order valence-electron chi connectivity index (χ4n) is 1.39. The first kappa shape index (κ1) is 14.4. The van der Waals surface area contributed by atoms with Crippen LogP contribution >= 0.6 is 0 Å². The largest absolute Gasteiger partial charge is 0.480 e. The fraction of sp³-hybridized carbons (Fsp3) is 0.273. The summed E-state index contributed by atoms with van der Waals surface area (Å²) in [5.74, 6) is -3.16. The van der Waals surface area contributed by atoms with Crippen molar-refractivity contribution >= 4 is 17.8 Å². The molecule has 5 N–H and O–H groups in total. The van der Waals surface area contributed by atoms with Crippen molar-refractivity contribution in [2.45, 2.75) is 19.4 Å². The van der Waals surface area contributed by atoms with Crippen LogP contribution in [-0.2, 0) is 9.59 Å². The van der Waals surface area contributed by atoms with Crippen molar-refractivity contribution in [1.29, 1.82) is 0 Å². The average molecular weight is 267 g/mol. The van der Waals surface area contributed by atoms with Crippen LogP contribution in [0.2, 0.25) is 0 Å². The average Bonchev–Trinajstić information content (AvgIpc) is 2.26. The minimum atomic E-state index is -1.47. The molecule has 0 aliphatic carbocycles. The van der Waals surface area contributed by atoms with Gasteiger partial charge in [0.05, 0.1) is 6.42 Å². The topological polar surface area (TPSA) is 142 Å². The molecule has 1 aromatic heterocycles. The maximum atomic E-state index is 11.7. The number of aromatic nitrogens is 1. The third kappa shape index (κ3) is 3.95. The van der Waals surface area contributed by atoms with Crippen LogP contribution in [0.4, 0.5) is 0 Å². The van der Waals surface area contributed by atoms with Gasteiger partial charge < -0.3 is 21.1 Å². The highest BCUT2D eigenvalue weighted by atomic mass is 16.4. The number of nitrogens with two attached hydrogens (primary N) is 1. The molecule has 0 unspecified atom stereocenters. The van der Waals surface area contributed by atoms with Crippen molar-refractivity contribution in [2.24, 2.45) is 5.73 Å². The van der Waals surface area contributed by atoms with Crippen molar-refractivity contribution in [3.8, 4) is 0 Å². The molecule has 19 heavy (non-hydrogen) atoms. The SMILES string of the molecule is Cc1ccc(C(=O)N[C@@H](CC(N)=O)C(=O)O)c(=O)[nH]1. The molecule has 8 nitrogen and oxygen atoms in total. The zero-order chi connectivity index (χ0) is 14.6. The maximum absolute atomic E-state index is 11.7. The van der Waals surface area contributed by atoms with Crippen molar-refractivity contribution < 1.29 is 19.5 Å². The molecule has 0 fully saturated rings. The van der Waals surface area contributed by atoms with Crippen molar-refractivity contribution in [1.82, 2.24) is 10.3 Å². The molecule has 0 bridgehead atoms. The Morgan fingerprint density at radius 3 is 2.53 bits per heavy atom. The number of carboxylic acid groups (broad SMARTS) is 1. The Kier molecular flexibility index (Phi) is 4.41. The smallest absolute Gasteiger partial charge is 0.326 e. The molecular formula is C11H13N3O5. The zero-order valence-corrected chi connectivity index (χ0v) is 10.1. The van der Waals surface area contributed by atoms with E-state index in [2.05, 4.69) is 10.3 Å². The van der Waals surface area contributed by atoms with E-state index in [1.807, 2.05) is 0 Å². The molecule has 0 saturated heterocycles. The lowest BCUT2D eigenvalue weighted by atomic mass is 10.1. The molecule has 1 aromatic rings. The predicted molar refractivity (Wildman–Crippen MR) is 64.5 cm³/mol. The maximum Gasteiger partial charge on any atom is 0.326 e. The van der Waals surface area contributed by atoms with E-state index >= 15 is 0 Å². The monoisotopic (exact) mass is 267 g/mol. The molecule has 0 spiro atoms. The lowest BCUT2D eigenvalue weighted by Crippen LogP contribution is -2.44. The standard InChI is InChI=1S/C11H13N3O5/c1-5-2-3-6(9(16)13-5)10(17)14-7(11(18)19)4-8(12)15/h2-3,7H,4H2,1H3,(H2,12,15)(H,13,16)(H,14,17)(H,18,19)/t7-/m0/s1. The molecular weight excluding hydrogens is 254 g/mol. The Hall–Kier alpha value is -2.64. The second kappa shape index (κ2) is 5.80. The first-order chi connectivity index (χ1) is 8.81. The first-order valence-corrected chi connectivity index (χ1v) is 5.33. The van der Waals surface area contributed by atoms with Crippen LogP contribution < -0.4 is 16.6 Å². The van der Waals surface area contributed by atoms with Gasteiger partial charge in [-0.25, -0.2) is 4.79 Å². The minimum Gasteiger partial charge on any atom is -0.480 e. The van der Waals surface area contributed by atoms with Crippen LogP contribution in [-0.4, -0.2) is 33.9 Å². The van der Waals surface area contributed by atoms with Crippen LogP contribution in [0.15, 0.2) is 16.9 Å². The van der Waals surface area contributed by atoms with E-state index in [0.717, 1.165) is 0 Å². The van der Waals surface area contributed by atoms with Gasteiger partial charge in [0.2, 0.25) is 5.91 Å². The van der Waals surface area contributed by atoms with Gasteiger partial charge in [0.15, 0.2) is 0 Å². The summed E-state index contributed by atoms with van der Waals surface area (Å²) in [6.45, 7) is 1.64. The number of pyridine rings is 1. The number of hydrogen-bond acceptors (Lipinski definition) is 4. The summed E-state index contributed by atoms with van der Waals surface area (Å²) < 4.78 is 0. The molecule has 102 valence electrons. The van der Waals surface area contributed by atoms with E-state index in [4.69, 9.17) is 10.8 Å². The Bertz CT molecular complexity index is 578. The summed E-state index contributed by atoms with van der Waals surface area (Å²) in [5.41, 5.74) is 4.56. The zero-order valence-electron chi connectivity index (χ0n) is 10.1. The third-order valence-corrected chi connectivity index (χ3v) is 2.31. The van der Waals surface area contributed by atoms with Gasteiger partial charge in [-0.15, -0.1) is 0 Å². The Labute approximate surface area is 107 Å². The number of hydrogen-bond donors (Lipinski definition) is 4. The molecule has 0 saturated carbocycles. The number of primary amides is 1. The number of rotatable bonds is 5. The minimum absolute atomic E-state index is 0.235. The van der Waals surface area contributed by atoms with Gasteiger partial charge in [0.1, 0.15) is 11.6 Å². The molecule has 1 atom stereocenters. The number of H-pyrrole nitrogens is 1. The highest BCUT2D eigenvalue weighted by Gasteiger charge is 2.23. The molecule has 1 rings (SSSR count). The second-order valence-corrected chi connectivity index (χ2v) is 3.92. The molecule has 0 aliphatic rings. The van der Waals surface area contributed by atoms with Gasteiger partial charge >= 0.3 is 5.97 Å². The summed E-state index contributed by atoms with van der Waals surface area (Å²) in [5, 5.41) is 10.9. The highest BCUT2D eigenvalue weighted by Crippen LogP contribution is 1.97. The number of carbonyl (C=O) groups is 3. The van der Waals surface area contributed by atoms with Gasteiger partial charge in [-0.2, -0.15) is 0 Å². The van der Waals surface area contributed by atoms with Crippen LogP contribution in [0.3, 0.4) is 0 Å². The number of aryl methyl sites for hydroxylation is 1. The van der Waals surface area contributed by atoms with E-state index in [1.54, 1.807) is 6.92 Å². The molecule has 0 aromatic carbocycles. The number of aliphatic carboxylic acids is 1. The molecule has 1 heterocycles. The molecule has 8 heteroatoms. The van der Waals surface area contributed by atoms with Crippen LogP contribution in [0, 0.1) is 6.92 Å². The van der Waals surface area contributed by atoms with Gasteiger partial charge in [0.25, 0.3) is 11.5 Å². The number of nitrogens with one attached hydrogen (secondary N) is 2. The lowest BCUT2D eigenvalue weighted by Gasteiger charge is -2.12. The molecule has 0 radical (unpaired) electrons. The summed E-state index contributed by atoms with van der Waals surface area (Å²) in [4.78, 5) is 47.1. The van der Waals surface area contributed by atoms with E-state index in [0.29, 0.717) is 5.69 Å². The van der Waals surface area contributed by atoms with E-state index in [-0.39, 0.29) is 5.56 Å². The van der Waals surface area contributed by atoms with Crippen molar-refractivity contribution in [2.75, 3.05) is 0 Å². The van der Waals surface area contributed by atoms with Crippen molar-refractivity contribution in [3.05, 3.63) is 33.7 Å². The Morgan fingerprint density at radius 1 is 1.42 bits per heavy atom. The summed E-state index contributed by atoms with van der Waals surface area (Å²) in [7, 11) is 0. The van der Waals surface area contributed by atoms with E-state index in [9.17, 15) is 19.2 Å². The quantitative estimate of drug-likeness (QED) is 0.526. The Balaban J connectivity index is 2.91. The molecule has 0 aliphatic heterocycles. The van der Waals surface area contributed by atoms with Crippen LogP contribution in [0.1, 0.15) is 22.5 Å². The summed E-state index contributed by atoms with van der Waals surface area (Å²) in [6.07, 6.45) is -0.551. The second-order valence-electron chi connectivity index (χ2n) is 3.92. The number of aromatic amines is 1. The van der Waals surface area contributed by atoms with Gasteiger partial charge in [-0.1, -0.05) is 0 Å². The fourth-order valence-corrected chi connectivity index (χ4v) is 1.39. The Morgan fingerprint density at radius 2 is 2.05 bits per heavy atom. The highest BCUT2D eigenvalue weighted by molar-refractivity contribution is 5.97. The van der Waals surface area contributed by atoms with Gasteiger partial charge in [0, 0.05) is 5.69 Å². The third-order valence-electron chi connectivity index (χ3n) is 2.31. The number of carboxylic acids is 1. The normalized spacial score (nSPS) is 11.6. The van der Waals surface area contributed by atoms with Gasteiger partial charge in [-0.3, -0.25) is 14.4 Å². The number of carbonyl (C=O) groups excluding carboxylic acids is 2. The predicted octanol–water partition coefficient (Wildman–Crippen LogP) is -1.26. The van der Waals surface area contributed by atoms with Crippen LogP contribution in [0.25, 0.3) is 0 Å². The van der Waals surface area contributed by atoms with Crippen LogP contribution in [0.5, 0.6) is 0 Å². The first-order valence-electron chi connectivity index (χ1n) is 5.33. The van der Waals surface area contributed by atoms with Gasteiger partial charge in [-0.05, 0) is 19.1 Å². The van der Waals surface area contributed by atoms with E-state index < -0.39 is 35.8 Å². The molecule has 2 amide bonds. The lowest BCUT2D eigenvalue weighted by molar-refractivity contribution is -0.140. The summed E-state index contributed by atoms with van der Waals surface area (Å²) in [6, 6.07) is 1.30. The van der Waals surface area contributed by atoms with E-state index in [1.165, 1.54) is 12.1 Å². The number of amides is 2. The van der Waals surface area contributed by atoms with Crippen molar-refractivity contribution in [3.63, 3.8) is 0 Å².